The van der Waals surface area contributed by atoms with Gasteiger partial charge in [0.25, 0.3) is 5.91 Å². The Labute approximate surface area is 205 Å². The van der Waals surface area contributed by atoms with Gasteiger partial charge in [-0.1, -0.05) is 78.9 Å². The zero-order valence-electron chi connectivity index (χ0n) is 19.9. The maximum Gasteiger partial charge on any atom is 0.293 e. The van der Waals surface area contributed by atoms with Gasteiger partial charge in [0.05, 0.1) is 12.2 Å². The van der Waals surface area contributed by atoms with Gasteiger partial charge in [-0.15, -0.1) is 5.10 Å². The van der Waals surface area contributed by atoms with Crippen LogP contribution in [0.25, 0.3) is 22.5 Å². The molecule has 6 heteroatoms. The molecule has 1 spiro atoms. The van der Waals surface area contributed by atoms with E-state index in [4.69, 9.17) is 4.74 Å². The van der Waals surface area contributed by atoms with Crippen molar-refractivity contribution in [2.75, 3.05) is 19.7 Å². The summed E-state index contributed by atoms with van der Waals surface area (Å²) in [5.74, 6) is 0.813. The lowest BCUT2D eigenvalue weighted by Gasteiger charge is -2.44. The molecule has 1 amide bonds. The van der Waals surface area contributed by atoms with Crippen molar-refractivity contribution in [3.05, 3.63) is 95.8 Å². The molecule has 1 saturated heterocycles. The van der Waals surface area contributed by atoms with Gasteiger partial charge in [0.15, 0.2) is 5.82 Å². The average molecular weight is 465 g/mol. The minimum Gasteiger partial charge on any atom is -0.370 e. The summed E-state index contributed by atoms with van der Waals surface area (Å²) < 4.78 is 8.01. The number of rotatable bonds is 3. The van der Waals surface area contributed by atoms with E-state index in [0.717, 1.165) is 37.0 Å². The molecule has 6 rings (SSSR count). The van der Waals surface area contributed by atoms with Crippen LogP contribution >= 0.6 is 0 Å². The largest absolute Gasteiger partial charge is 0.370 e. The zero-order valence-corrected chi connectivity index (χ0v) is 19.9. The maximum absolute atomic E-state index is 13.3. The molecule has 0 radical (unpaired) electrons. The van der Waals surface area contributed by atoms with E-state index in [1.54, 1.807) is 4.68 Å². The van der Waals surface area contributed by atoms with Crippen molar-refractivity contribution in [1.82, 2.24) is 19.7 Å². The number of carbonyl (C=O) groups excluding carboxylic acids is 1. The maximum atomic E-state index is 13.3. The number of nitrogens with zero attached hydrogens (tertiary/aromatic N) is 4. The molecular weight excluding hydrogens is 436 g/mol. The summed E-state index contributed by atoms with van der Waals surface area (Å²) in [6.07, 6.45) is 2.53. The van der Waals surface area contributed by atoms with Gasteiger partial charge in [-0.2, -0.15) is 0 Å². The first-order chi connectivity index (χ1) is 17.1. The number of fused-ring (bicyclic) bond motifs is 2. The topological polar surface area (TPSA) is 60.2 Å². The molecule has 176 valence electrons. The number of aromatic nitrogens is 3. The minimum atomic E-state index is -0.283. The highest BCUT2D eigenvalue weighted by Gasteiger charge is 2.42. The summed E-state index contributed by atoms with van der Waals surface area (Å²) >= 11 is 0. The predicted molar refractivity (Wildman–Crippen MR) is 135 cm³/mol. The SMILES string of the molecule is Cn1nc(C(=O)N2CCC3(CC2)OCCc2ccccc23)nc1-c1ccc(-c2ccccc2)cc1. The van der Waals surface area contributed by atoms with Gasteiger partial charge in [-0.3, -0.25) is 4.79 Å². The van der Waals surface area contributed by atoms with Crippen LogP contribution in [0.1, 0.15) is 34.6 Å². The fraction of sp³-hybridized carbons (Fsp3) is 0.276. The van der Waals surface area contributed by atoms with E-state index in [1.807, 2.05) is 42.3 Å². The molecule has 0 unspecified atom stereocenters. The van der Waals surface area contributed by atoms with E-state index in [9.17, 15) is 4.79 Å². The molecular formula is C29H28N4O2. The van der Waals surface area contributed by atoms with Crippen LogP contribution in [-0.2, 0) is 23.8 Å². The van der Waals surface area contributed by atoms with Crippen LogP contribution in [0.5, 0.6) is 0 Å². The Hall–Kier alpha value is -3.77. The van der Waals surface area contributed by atoms with Crippen LogP contribution < -0.4 is 0 Å². The summed E-state index contributed by atoms with van der Waals surface area (Å²) in [5, 5.41) is 4.47. The van der Waals surface area contributed by atoms with Crippen molar-refractivity contribution in [2.24, 2.45) is 7.05 Å². The lowest BCUT2D eigenvalue weighted by molar-refractivity contribution is -0.0935. The second-order valence-electron chi connectivity index (χ2n) is 9.37. The molecule has 1 aromatic heterocycles. The van der Waals surface area contributed by atoms with Crippen molar-refractivity contribution in [3.8, 4) is 22.5 Å². The van der Waals surface area contributed by atoms with Crippen molar-refractivity contribution >= 4 is 5.91 Å². The first kappa shape index (κ1) is 21.7. The van der Waals surface area contributed by atoms with E-state index < -0.39 is 0 Å². The second kappa shape index (κ2) is 8.78. The number of carbonyl (C=O) groups is 1. The Morgan fingerprint density at radius 3 is 2.29 bits per heavy atom. The highest BCUT2D eigenvalue weighted by molar-refractivity contribution is 5.91. The molecule has 2 aliphatic rings. The van der Waals surface area contributed by atoms with Gasteiger partial charge < -0.3 is 9.64 Å². The number of amides is 1. The standard InChI is InChI=1S/C29H28N4O2/c1-32-27(24-13-11-22(12-14-24)21-7-3-2-4-8-21)30-26(31-32)28(34)33-18-16-29(17-19-33)25-10-6-5-9-23(25)15-20-35-29/h2-14H,15-20H2,1H3. The summed E-state index contributed by atoms with van der Waals surface area (Å²) in [6.45, 7) is 2.00. The molecule has 4 aromatic rings. The first-order valence-corrected chi connectivity index (χ1v) is 12.2. The highest BCUT2D eigenvalue weighted by atomic mass is 16.5. The third-order valence-corrected chi connectivity index (χ3v) is 7.32. The van der Waals surface area contributed by atoms with Crippen LogP contribution in [0.2, 0.25) is 0 Å². The Morgan fingerprint density at radius 2 is 1.51 bits per heavy atom. The normalized spacial score (nSPS) is 16.8. The second-order valence-corrected chi connectivity index (χ2v) is 9.37. The summed E-state index contributed by atoms with van der Waals surface area (Å²) in [5.41, 5.74) is 5.61. The third kappa shape index (κ3) is 3.94. The smallest absolute Gasteiger partial charge is 0.293 e. The Balaban J connectivity index is 1.18. The van der Waals surface area contributed by atoms with Gasteiger partial charge in [-0.25, -0.2) is 9.67 Å². The number of aryl methyl sites for hydroxylation is 1. The lowest BCUT2D eigenvalue weighted by Crippen LogP contribution is -2.48. The number of piperidine rings is 1. The molecule has 35 heavy (non-hydrogen) atoms. The molecule has 1 fully saturated rings. The van der Waals surface area contributed by atoms with E-state index >= 15 is 0 Å². The number of hydrogen-bond donors (Lipinski definition) is 0. The van der Waals surface area contributed by atoms with Crippen LogP contribution in [0.15, 0.2) is 78.9 Å². The molecule has 3 heterocycles. The average Bonchev–Trinajstić information content (AvgIpc) is 3.31. The Bertz CT molecular complexity index is 1350. The number of likely N-dealkylation sites (tertiary alicyclic amines) is 1. The van der Waals surface area contributed by atoms with Gasteiger partial charge in [-0.05, 0) is 41.5 Å². The van der Waals surface area contributed by atoms with Gasteiger partial charge in [0.2, 0.25) is 5.82 Å². The summed E-state index contributed by atoms with van der Waals surface area (Å²) in [6, 6.07) is 27.0. The van der Waals surface area contributed by atoms with E-state index in [1.165, 1.54) is 16.7 Å². The van der Waals surface area contributed by atoms with Gasteiger partial charge in [0.1, 0.15) is 0 Å². The summed E-state index contributed by atoms with van der Waals surface area (Å²) in [4.78, 5) is 19.8. The number of ether oxygens (including phenoxy) is 1. The van der Waals surface area contributed by atoms with Gasteiger partial charge >= 0.3 is 0 Å². The van der Waals surface area contributed by atoms with Crippen molar-refractivity contribution in [1.29, 1.82) is 0 Å². The minimum absolute atomic E-state index is 0.119. The van der Waals surface area contributed by atoms with E-state index in [-0.39, 0.29) is 17.3 Å². The Morgan fingerprint density at radius 1 is 0.857 bits per heavy atom. The molecule has 0 bridgehead atoms. The fourth-order valence-electron chi connectivity index (χ4n) is 5.41. The van der Waals surface area contributed by atoms with Crippen LogP contribution in [-0.4, -0.2) is 45.3 Å². The highest BCUT2D eigenvalue weighted by Crippen LogP contribution is 2.41. The molecule has 0 aliphatic carbocycles. The lowest BCUT2D eigenvalue weighted by atomic mass is 9.79. The predicted octanol–water partition coefficient (Wildman–Crippen LogP) is 4.85. The Kier molecular flexibility index (Phi) is 5.46. The van der Waals surface area contributed by atoms with E-state index in [2.05, 4.69) is 58.6 Å². The summed E-state index contributed by atoms with van der Waals surface area (Å²) in [7, 11) is 1.84. The molecule has 2 aliphatic heterocycles. The van der Waals surface area contributed by atoms with Crippen molar-refractivity contribution < 1.29 is 9.53 Å². The fourth-order valence-corrected chi connectivity index (χ4v) is 5.41. The molecule has 3 aromatic carbocycles. The third-order valence-electron chi connectivity index (χ3n) is 7.32. The molecule has 0 saturated carbocycles. The first-order valence-electron chi connectivity index (χ1n) is 12.2. The van der Waals surface area contributed by atoms with Crippen LogP contribution in [0.3, 0.4) is 0 Å². The molecule has 6 nitrogen and oxygen atoms in total. The van der Waals surface area contributed by atoms with E-state index in [0.29, 0.717) is 18.9 Å². The van der Waals surface area contributed by atoms with Crippen molar-refractivity contribution in [3.63, 3.8) is 0 Å². The van der Waals surface area contributed by atoms with Crippen molar-refractivity contribution in [2.45, 2.75) is 24.9 Å². The molecule has 0 atom stereocenters. The zero-order chi connectivity index (χ0) is 23.8. The van der Waals surface area contributed by atoms with Crippen LogP contribution in [0.4, 0.5) is 0 Å². The van der Waals surface area contributed by atoms with Crippen LogP contribution in [0, 0.1) is 0 Å². The molecule has 0 N–H and O–H groups in total. The number of benzene rings is 3. The van der Waals surface area contributed by atoms with Gasteiger partial charge in [0, 0.05) is 25.7 Å². The monoisotopic (exact) mass is 464 g/mol. The number of hydrogen-bond acceptors (Lipinski definition) is 4. The quantitative estimate of drug-likeness (QED) is 0.435.